The average molecular weight is 372 g/mol. The number of amides is 1. The molecule has 2 rings (SSSR count). The molecule has 1 amide bonds. The zero-order valence-electron chi connectivity index (χ0n) is 13.7. The minimum absolute atomic E-state index is 0.201. The fraction of sp³-hybridized carbons (Fsp3) is 0.375. The summed E-state index contributed by atoms with van der Waals surface area (Å²) in [5.41, 5.74) is 1.16. The lowest BCUT2D eigenvalue weighted by atomic mass is 10.2. The number of hydrogen-bond acceptors (Lipinski definition) is 4. The standard InChI is InChI=1S/C16H19Cl2N3O3/c1-10-14(17)15(18)21(20-10)6-4-5-19-16(22)11-7-12(23-2)9-13(8-11)24-3/h7-9H,4-6H2,1-3H3,(H,19,22). The molecule has 2 aromatic rings. The van der Waals surface area contributed by atoms with E-state index in [4.69, 9.17) is 32.7 Å². The molecule has 0 bridgehead atoms. The Morgan fingerprint density at radius 2 is 1.83 bits per heavy atom. The number of aryl methyl sites for hydroxylation is 2. The molecule has 0 atom stereocenters. The maximum absolute atomic E-state index is 12.2. The van der Waals surface area contributed by atoms with E-state index >= 15 is 0 Å². The van der Waals surface area contributed by atoms with E-state index in [9.17, 15) is 4.79 Å². The minimum Gasteiger partial charge on any atom is -0.497 e. The SMILES string of the molecule is COc1cc(OC)cc(C(=O)NCCCn2nc(C)c(Cl)c2Cl)c1. The summed E-state index contributed by atoms with van der Waals surface area (Å²) < 4.78 is 11.9. The van der Waals surface area contributed by atoms with E-state index in [1.54, 1.807) is 29.8 Å². The van der Waals surface area contributed by atoms with E-state index < -0.39 is 0 Å². The molecule has 0 fully saturated rings. The van der Waals surface area contributed by atoms with Crippen molar-refractivity contribution in [1.29, 1.82) is 0 Å². The van der Waals surface area contributed by atoms with Crippen LogP contribution in [0.15, 0.2) is 18.2 Å². The Balaban J connectivity index is 1.90. The summed E-state index contributed by atoms with van der Waals surface area (Å²) in [5.74, 6) is 0.925. The van der Waals surface area contributed by atoms with Gasteiger partial charge in [0.15, 0.2) is 0 Å². The Kier molecular flexibility index (Phi) is 6.34. The first kappa shape index (κ1) is 18.4. The number of benzene rings is 1. The van der Waals surface area contributed by atoms with Crippen molar-refractivity contribution in [2.45, 2.75) is 19.9 Å². The molecular weight excluding hydrogens is 353 g/mol. The van der Waals surface area contributed by atoms with Gasteiger partial charge in [0.05, 0.1) is 19.9 Å². The van der Waals surface area contributed by atoms with Crippen molar-refractivity contribution in [2.24, 2.45) is 0 Å². The lowest BCUT2D eigenvalue weighted by Gasteiger charge is -2.09. The number of methoxy groups -OCH3 is 2. The summed E-state index contributed by atoms with van der Waals surface area (Å²) in [4.78, 5) is 12.2. The molecule has 0 saturated carbocycles. The van der Waals surface area contributed by atoms with Crippen molar-refractivity contribution < 1.29 is 14.3 Å². The predicted octanol–water partition coefficient (Wildman–Crippen LogP) is 3.34. The summed E-state index contributed by atoms with van der Waals surface area (Å²) in [5, 5.41) is 7.96. The van der Waals surface area contributed by atoms with E-state index in [2.05, 4.69) is 10.4 Å². The van der Waals surface area contributed by atoms with Gasteiger partial charge in [0.1, 0.15) is 21.7 Å². The van der Waals surface area contributed by atoms with Crippen LogP contribution in [0.5, 0.6) is 11.5 Å². The first-order valence-corrected chi connectivity index (χ1v) is 8.11. The summed E-state index contributed by atoms with van der Waals surface area (Å²) in [6, 6.07) is 5.03. The van der Waals surface area contributed by atoms with E-state index in [-0.39, 0.29) is 5.91 Å². The molecule has 1 aromatic heterocycles. The zero-order valence-corrected chi connectivity index (χ0v) is 15.2. The van der Waals surface area contributed by atoms with Gasteiger partial charge in [-0.1, -0.05) is 23.2 Å². The van der Waals surface area contributed by atoms with E-state index in [1.165, 1.54) is 14.2 Å². The zero-order chi connectivity index (χ0) is 17.7. The van der Waals surface area contributed by atoms with Gasteiger partial charge >= 0.3 is 0 Å². The highest BCUT2D eigenvalue weighted by Crippen LogP contribution is 2.25. The number of carbonyl (C=O) groups excluding carboxylic acids is 1. The largest absolute Gasteiger partial charge is 0.497 e. The van der Waals surface area contributed by atoms with Crippen LogP contribution in [0.2, 0.25) is 10.2 Å². The first-order chi connectivity index (χ1) is 11.5. The van der Waals surface area contributed by atoms with Gasteiger partial charge in [0.25, 0.3) is 5.91 Å². The molecule has 0 unspecified atom stereocenters. The van der Waals surface area contributed by atoms with Crippen LogP contribution in [0.4, 0.5) is 0 Å². The number of ether oxygens (including phenoxy) is 2. The number of carbonyl (C=O) groups is 1. The molecule has 0 saturated heterocycles. The summed E-state index contributed by atoms with van der Waals surface area (Å²) in [6.45, 7) is 2.84. The second-order valence-corrected chi connectivity index (χ2v) is 5.86. The van der Waals surface area contributed by atoms with Crippen molar-refractivity contribution in [2.75, 3.05) is 20.8 Å². The fourth-order valence-electron chi connectivity index (χ4n) is 2.15. The van der Waals surface area contributed by atoms with E-state index in [1.807, 2.05) is 0 Å². The van der Waals surface area contributed by atoms with Crippen molar-refractivity contribution in [1.82, 2.24) is 15.1 Å². The van der Waals surface area contributed by atoms with Crippen LogP contribution in [0.25, 0.3) is 0 Å². The third kappa shape index (κ3) is 4.33. The quantitative estimate of drug-likeness (QED) is 0.758. The summed E-state index contributed by atoms with van der Waals surface area (Å²) >= 11 is 12.1. The smallest absolute Gasteiger partial charge is 0.251 e. The van der Waals surface area contributed by atoms with Gasteiger partial charge in [-0.25, -0.2) is 0 Å². The molecule has 0 aliphatic rings. The van der Waals surface area contributed by atoms with Gasteiger partial charge in [-0.05, 0) is 25.5 Å². The van der Waals surface area contributed by atoms with Crippen molar-refractivity contribution in [3.8, 4) is 11.5 Å². The Hall–Kier alpha value is -1.92. The summed E-state index contributed by atoms with van der Waals surface area (Å²) in [6.07, 6.45) is 0.671. The molecule has 1 N–H and O–H groups in total. The Morgan fingerprint density at radius 1 is 1.21 bits per heavy atom. The van der Waals surface area contributed by atoms with Gasteiger partial charge < -0.3 is 14.8 Å². The molecule has 0 aliphatic carbocycles. The Bertz CT molecular complexity index is 709. The highest BCUT2D eigenvalue weighted by Gasteiger charge is 2.12. The van der Waals surface area contributed by atoms with Crippen LogP contribution in [0.3, 0.4) is 0 Å². The van der Waals surface area contributed by atoms with Crippen molar-refractivity contribution >= 4 is 29.1 Å². The highest BCUT2D eigenvalue weighted by molar-refractivity contribution is 6.41. The second-order valence-electron chi connectivity index (χ2n) is 5.12. The van der Waals surface area contributed by atoms with Gasteiger partial charge in [-0.2, -0.15) is 5.10 Å². The molecule has 0 radical (unpaired) electrons. The van der Waals surface area contributed by atoms with Gasteiger partial charge in [-0.15, -0.1) is 0 Å². The summed E-state index contributed by atoms with van der Waals surface area (Å²) in [7, 11) is 3.08. The van der Waals surface area contributed by atoms with Gasteiger partial charge in [-0.3, -0.25) is 9.48 Å². The lowest BCUT2D eigenvalue weighted by Crippen LogP contribution is -2.25. The van der Waals surface area contributed by atoms with Crippen molar-refractivity contribution in [3.63, 3.8) is 0 Å². The normalized spacial score (nSPS) is 10.5. The van der Waals surface area contributed by atoms with Crippen LogP contribution >= 0.6 is 23.2 Å². The minimum atomic E-state index is -0.201. The Morgan fingerprint density at radius 3 is 2.33 bits per heavy atom. The van der Waals surface area contributed by atoms with Crippen LogP contribution in [0, 0.1) is 6.92 Å². The maximum Gasteiger partial charge on any atom is 0.251 e. The second kappa shape index (κ2) is 8.26. The third-order valence-corrected chi connectivity index (χ3v) is 4.38. The van der Waals surface area contributed by atoms with Gasteiger partial charge in [0.2, 0.25) is 0 Å². The Labute approximate surface area is 150 Å². The van der Waals surface area contributed by atoms with Crippen LogP contribution < -0.4 is 14.8 Å². The highest BCUT2D eigenvalue weighted by atomic mass is 35.5. The molecule has 130 valence electrons. The lowest BCUT2D eigenvalue weighted by molar-refractivity contribution is 0.0952. The van der Waals surface area contributed by atoms with Gasteiger partial charge in [0, 0.05) is 24.7 Å². The predicted molar refractivity (Wildman–Crippen MR) is 93.5 cm³/mol. The monoisotopic (exact) mass is 371 g/mol. The fourth-order valence-corrected chi connectivity index (χ4v) is 2.55. The average Bonchev–Trinajstić information content (AvgIpc) is 2.84. The van der Waals surface area contributed by atoms with E-state index in [0.29, 0.717) is 52.4 Å². The molecule has 0 aliphatic heterocycles. The van der Waals surface area contributed by atoms with E-state index in [0.717, 1.165) is 0 Å². The maximum atomic E-state index is 12.2. The molecule has 1 aromatic carbocycles. The number of aromatic nitrogens is 2. The third-order valence-electron chi connectivity index (χ3n) is 3.44. The number of nitrogens with zero attached hydrogens (tertiary/aromatic N) is 2. The first-order valence-electron chi connectivity index (χ1n) is 7.36. The molecule has 0 spiro atoms. The van der Waals surface area contributed by atoms with Crippen LogP contribution in [0.1, 0.15) is 22.5 Å². The molecule has 8 heteroatoms. The molecular formula is C16H19Cl2N3O3. The topological polar surface area (TPSA) is 65.4 Å². The van der Waals surface area contributed by atoms with Crippen LogP contribution in [-0.2, 0) is 6.54 Å². The van der Waals surface area contributed by atoms with Crippen LogP contribution in [-0.4, -0.2) is 36.5 Å². The number of nitrogens with one attached hydrogen (secondary N) is 1. The molecule has 24 heavy (non-hydrogen) atoms. The molecule has 1 heterocycles. The number of halogens is 2. The number of hydrogen-bond donors (Lipinski definition) is 1. The molecule has 6 nitrogen and oxygen atoms in total. The number of rotatable bonds is 7. The van der Waals surface area contributed by atoms with Crippen molar-refractivity contribution in [3.05, 3.63) is 39.6 Å².